The van der Waals surface area contributed by atoms with Crippen LogP contribution < -0.4 is 5.73 Å². The zero-order chi connectivity index (χ0) is 14.6. The first-order valence-electron chi connectivity index (χ1n) is 6.03. The molecule has 3 N–H and O–H groups in total. The van der Waals surface area contributed by atoms with Crippen LogP contribution in [0, 0.1) is 0 Å². The molecule has 1 heterocycles. The number of rotatable bonds is 6. The van der Waals surface area contributed by atoms with Crippen molar-refractivity contribution >= 4 is 15.7 Å². The van der Waals surface area contributed by atoms with E-state index in [0.29, 0.717) is 18.8 Å². The highest BCUT2D eigenvalue weighted by atomic mass is 32.2. The Balaban J connectivity index is 1.97. The van der Waals surface area contributed by atoms with Gasteiger partial charge in [0, 0.05) is 5.56 Å². The Bertz CT molecular complexity index is 578. The molecule has 1 aromatic carbocycles. The zero-order valence-electron chi connectivity index (χ0n) is 10.7. The Morgan fingerprint density at radius 3 is 2.55 bits per heavy atom. The van der Waals surface area contributed by atoms with E-state index in [1.165, 1.54) is 24.3 Å². The minimum Gasteiger partial charge on any atom is -0.409 e. The molecule has 0 aromatic heterocycles. The van der Waals surface area contributed by atoms with Crippen molar-refractivity contribution in [3.8, 4) is 0 Å². The summed E-state index contributed by atoms with van der Waals surface area (Å²) in [6.07, 6.45) is 0.00754. The van der Waals surface area contributed by atoms with E-state index in [9.17, 15) is 8.42 Å². The summed E-state index contributed by atoms with van der Waals surface area (Å²) in [7, 11) is -3.40. The number of benzene rings is 1. The van der Waals surface area contributed by atoms with Gasteiger partial charge in [-0.2, -0.15) is 0 Å². The predicted molar refractivity (Wildman–Crippen MR) is 71.6 cm³/mol. The maximum atomic E-state index is 12.0. The van der Waals surface area contributed by atoms with Crippen LogP contribution in [0.1, 0.15) is 5.56 Å². The first kappa shape index (κ1) is 14.8. The fraction of sp³-hybridized carbons (Fsp3) is 0.417. The van der Waals surface area contributed by atoms with Gasteiger partial charge in [-0.25, -0.2) is 8.42 Å². The standard InChI is InChI=1S/C12H16N2O5S/c13-12(14-15)9-1-3-11(4-2-9)20(16,17)6-5-19-10-7-18-8-10/h1-4,10,15H,5-8H2,(H2,13,14). The monoisotopic (exact) mass is 300 g/mol. The molecule has 110 valence electrons. The van der Waals surface area contributed by atoms with Gasteiger partial charge in [0.15, 0.2) is 15.7 Å². The lowest BCUT2D eigenvalue weighted by Gasteiger charge is -2.25. The second-order valence-electron chi connectivity index (χ2n) is 4.36. The average Bonchev–Trinajstić information content (AvgIpc) is 2.41. The Labute approximate surface area is 116 Å². The highest BCUT2D eigenvalue weighted by Crippen LogP contribution is 2.13. The molecule has 1 aliphatic rings. The number of hydrogen-bond donors (Lipinski definition) is 2. The lowest BCUT2D eigenvalue weighted by molar-refractivity contribution is -0.126. The SMILES string of the molecule is N/C(=N/O)c1ccc(S(=O)(=O)CCOC2COC2)cc1. The van der Waals surface area contributed by atoms with Crippen LogP contribution in [0.2, 0.25) is 0 Å². The van der Waals surface area contributed by atoms with Gasteiger partial charge < -0.3 is 20.4 Å². The lowest BCUT2D eigenvalue weighted by Crippen LogP contribution is -2.37. The van der Waals surface area contributed by atoms with Crippen LogP contribution in [0.25, 0.3) is 0 Å². The number of nitrogens with zero attached hydrogens (tertiary/aromatic N) is 1. The fourth-order valence-corrected chi connectivity index (χ4v) is 2.75. The molecule has 8 heteroatoms. The molecule has 2 rings (SSSR count). The van der Waals surface area contributed by atoms with Gasteiger partial charge in [0.05, 0.1) is 30.5 Å². The molecular formula is C12H16N2O5S. The van der Waals surface area contributed by atoms with Crippen molar-refractivity contribution in [3.05, 3.63) is 29.8 Å². The number of sulfone groups is 1. The predicted octanol–water partition coefficient (Wildman–Crippen LogP) is -0.0298. The summed E-state index contributed by atoms with van der Waals surface area (Å²) < 4.78 is 34.4. The van der Waals surface area contributed by atoms with Crippen molar-refractivity contribution in [2.75, 3.05) is 25.6 Å². The average molecular weight is 300 g/mol. The largest absolute Gasteiger partial charge is 0.409 e. The van der Waals surface area contributed by atoms with Gasteiger partial charge in [-0.05, 0) is 24.3 Å². The molecule has 0 atom stereocenters. The zero-order valence-corrected chi connectivity index (χ0v) is 11.5. The fourth-order valence-electron chi connectivity index (χ4n) is 1.64. The van der Waals surface area contributed by atoms with Crippen LogP contribution in [0.3, 0.4) is 0 Å². The van der Waals surface area contributed by atoms with Crippen LogP contribution in [0.5, 0.6) is 0 Å². The molecule has 0 amide bonds. The minimum atomic E-state index is -3.40. The van der Waals surface area contributed by atoms with Crippen LogP contribution in [0.4, 0.5) is 0 Å². The highest BCUT2D eigenvalue weighted by Gasteiger charge is 2.21. The number of amidine groups is 1. The van der Waals surface area contributed by atoms with Gasteiger partial charge in [-0.3, -0.25) is 0 Å². The van der Waals surface area contributed by atoms with E-state index >= 15 is 0 Å². The van der Waals surface area contributed by atoms with E-state index < -0.39 is 9.84 Å². The smallest absolute Gasteiger partial charge is 0.180 e. The Kier molecular flexibility index (Phi) is 4.58. The first-order chi connectivity index (χ1) is 9.53. The molecule has 20 heavy (non-hydrogen) atoms. The molecule has 1 fully saturated rings. The molecule has 1 aromatic rings. The third-order valence-corrected chi connectivity index (χ3v) is 4.62. The molecule has 1 aliphatic heterocycles. The molecule has 0 radical (unpaired) electrons. The highest BCUT2D eigenvalue weighted by molar-refractivity contribution is 7.91. The van der Waals surface area contributed by atoms with Crippen LogP contribution >= 0.6 is 0 Å². The maximum absolute atomic E-state index is 12.0. The first-order valence-corrected chi connectivity index (χ1v) is 7.68. The quantitative estimate of drug-likeness (QED) is 0.330. The Hall–Kier alpha value is -1.64. The van der Waals surface area contributed by atoms with Gasteiger partial charge in [-0.1, -0.05) is 5.16 Å². The second kappa shape index (κ2) is 6.21. The summed E-state index contributed by atoms with van der Waals surface area (Å²) >= 11 is 0. The normalized spacial score (nSPS) is 16.9. The van der Waals surface area contributed by atoms with Crippen LogP contribution in [-0.4, -0.2) is 51.1 Å². The molecule has 0 saturated carbocycles. The van der Waals surface area contributed by atoms with E-state index in [0.717, 1.165) is 0 Å². The van der Waals surface area contributed by atoms with Crippen molar-refractivity contribution in [2.45, 2.75) is 11.0 Å². The van der Waals surface area contributed by atoms with E-state index in [-0.39, 0.29) is 29.2 Å². The molecule has 1 saturated heterocycles. The number of nitrogens with two attached hydrogens (primary N) is 1. The van der Waals surface area contributed by atoms with Gasteiger partial charge in [0.25, 0.3) is 0 Å². The second-order valence-corrected chi connectivity index (χ2v) is 6.47. The van der Waals surface area contributed by atoms with E-state index in [4.69, 9.17) is 20.4 Å². The maximum Gasteiger partial charge on any atom is 0.180 e. The van der Waals surface area contributed by atoms with Crippen LogP contribution in [0.15, 0.2) is 34.3 Å². The topological polar surface area (TPSA) is 111 Å². The summed E-state index contributed by atoms with van der Waals surface area (Å²) in [5.41, 5.74) is 5.86. The lowest BCUT2D eigenvalue weighted by atomic mass is 10.2. The molecule has 0 bridgehead atoms. The van der Waals surface area contributed by atoms with Gasteiger partial charge in [0.2, 0.25) is 0 Å². The Morgan fingerprint density at radius 2 is 2.05 bits per heavy atom. The summed E-state index contributed by atoms with van der Waals surface area (Å²) in [6, 6.07) is 5.83. The molecular weight excluding hydrogens is 284 g/mol. The third-order valence-electron chi connectivity index (χ3n) is 2.93. The summed E-state index contributed by atoms with van der Waals surface area (Å²) in [5.74, 6) is -0.158. The summed E-state index contributed by atoms with van der Waals surface area (Å²) in [4.78, 5) is 0.181. The van der Waals surface area contributed by atoms with E-state index in [1.54, 1.807) is 0 Å². The van der Waals surface area contributed by atoms with Crippen molar-refractivity contribution in [3.63, 3.8) is 0 Å². The molecule has 0 unspecified atom stereocenters. The third kappa shape index (κ3) is 3.47. The van der Waals surface area contributed by atoms with Crippen molar-refractivity contribution in [1.82, 2.24) is 0 Å². The number of hydrogen-bond acceptors (Lipinski definition) is 6. The van der Waals surface area contributed by atoms with Gasteiger partial charge >= 0.3 is 0 Å². The number of ether oxygens (including phenoxy) is 2. The minimum absolute atomic E-state index is 0.00754. The summed E-state index contributed by atoms with van der Waals surface area (Å²) in [6.45, 7) is 1.18. The number of oxime groups is 1. The van der Waals surface area contributed by atoms with Crippen LogP contribution in [-0.2, 0) is 19.3 Å². The molecule has 7 nitrogen and oxygen atoms in total. The van der Waals surface area contributed by atoms with Crippen molar-refractivity contribution in [1.29, 1.82) is 0 Å². The van der Waals surface area contributed by atoms with Gasteiger partial charge in [-0.15, -0.1) is 0 Å². The van der Waals surface area contributed by atoms with E-state index in [2.05, 4.69) is 5.16 Å². The van der Waals surface area contributed by atoms with Gasteiger partial charge in [0.1, 0.15) is 6.10 Å². The molecule has 0 aliphatic carbocycles. The summed E-state index contributed by atoms with van der Waals surface area (Å²) in [5, 5.41) is 11.4. The Morgan fingerprint density at radius 1 is 1.40 bits per heavy atom. The van der Waals surface area contributed by atoms with Crippen molar-refractivity contribution < 1.29 is 23.1 Å². The van der Waals surface area contributed by atoms with E-state index in [1.807, 2.05) is 0 Å². The van der Waals surface area contributed by atoms with Crippen molar-refractivity contribution in [2.24, 2.45) is 10.9 Å². The molecule has 0 spiro atoms.